The van der Waals surface area contributed by atoms with Gasteiger partial charge in [0, 0.05) is 29.4 Å². The van der Waals surface area contributed by atoms with Crippen LogP contribution in [0.1, 0.15) is 5.56 Å². The van der Waals surface area contributed by atoms with E-state index in [1.165, 1.54) is 12.1 Å². The predicted octanol–water partition coefficient (Wildman–Crippen LogP) is 2.76. The van der Waals surface area contributed by atoms with Crippen molar-refractivity contribution < 1.29 is 8.78 Å². The molecule has 0 amide bonds. The summed E-state index contributed by atoms with van der Waals surface area (Å²) in [5.74, 6) is -0.682. The molecule has 0 saturated heterocycles. The molecule has 0 fully saturated rings. The Labute approximate surface area is 119 Å². The van der Waals surface area contributed by atoms with Crippen LogP contribution in [0.2, 0.25) is 0 Å². The lowest BCUT2D eigenvalue weighted by atomic mass is 10.1. The largest absolute Gasteiger partial charge is 0.381 e. The summed E-state index contributed by atoms with van der Waals surface area (Å²) in [6, 6.07) is 10.9. The van der Waals surface area contributed by atoms with Gasteiger partial charge >= 0.3 is 0 Å². The van der Waals surface area contributed by atoms with Gasteiger partial charge in [-0.3, -0.25) is 0 Å². The van der Waals surface area contributed by atoms with E-state index in [1.54, 1.807) is 0 Å². The molecule has 0 unspecified atom stereocenters. The van der Waals surface area contributed by atoms with E-state index in [0.717, 1.165) is 17.3 Å². The second-order valence-corrected chi connectivity index (χ2v) is 4.41. The number of halogens is 2. The number of tetrazole rings is 1. The summed E-state index contributed by atoms with van der Waals surface area (Å²) in [7, 11) is 0. The van der Waals surface area contributed by atoms with E-state index in [9.17, 15) is 8.78 Å². The van der Waals surface area contributed by atoms with Gasteiger partial charge in [-0.1, -0.05) is 18.2 Å². The molecule has 0 bridgehead atoms. The van der Waals surface area contributed by atoms with Crippen LogP contribution in [0.25, 0.3) is 11.4 Å². The Balaban J connectivity index is 1.75. The molecule has 5 nitrogen and oxygen atoms in total. The molecule has 21 heavy (non-hydrogen) atoms. The Hall–Kier alpha value is -2.83. The highest BCUT2D eigenvalue weighted by atomic mass is 19.1. The summed E-state index contributed by atoms with van der Waals surface area (Å²) in [5, 5.41) is 16.7. The maximum atomic E-state index is 13.5. The maximum Gasteiger partial charge on any atom is 0.204 e. The molecular weight excluding hydrogens is 276 g/mol. The Morgan fingerprint density at radius 2 is 2.00 bits per heavy atom. The number of anilines is 1. The highest BCUT2D eigenvalue weighted by molar-refractivity contribution is 5.61. The molecule has 3 aromatic rings. The minimum Gasteiger partial charge on any atom is -0.381 e. The molecule has 3 rings (SSSR count). The highest BCUT2D eigenvalue weighted by Gasteiger charge is 2.06. The first kappa shape index (κ1) is 13.2. The molecule has 0 radical (unpaired) electrons. The fraction of sp³-hybridized carbons (Fsp3) is 0.0714. The van der Waals surface area contributed by atoms with E-state index in [2.05, 4.69) is 25.9 Å². The third kappa shape index (κ3) is 3.02. The van der Waals surface area contributed by atoms with Crippen LogP contribution in [0, 0.1) is 11.6 Å². The van der Waals surface area contributed by atoms with Crippen LogP contribution in [0.4, 0.5) is 14.5 Å². The van der Waals surface area contributed by atoms with E-state index >= 15 is 0 Å². The van der Waals surface area contributed by atoms with Crippen molar-refractivity contribution in [3.05, 3.63) is 59.7 Å². The molecule has 0 aliphatic heterocycles. The normalized spacial score (nSPS) is 10.6. The number of nitrogens with one attached hydrogen (secondary N) is 2. The van der Waals surface area contributed by atoms with Crippen molar-refractivity contribution >= 4 is 5.69 Å². The number of H-pyrrole nitrogens is 1. The lowest BCUT2D eigenvalue weighted by molar-refractivity contribution is 0.574. The molecule has 1 aromatic heterocycles. The van der Waals surface area contributed by atoms with Gasteiger partial charge in [0.15, 0.2) is 0 Å². The number of hydrogen-bond donors (Lipinski definition) is 2. The van der Waals surface area contributed by atoms with E-state index in [4.69, 9.17) is 0 Å². The summed E-state index contributed by atoms with van der Waals surface area (Å²) in [4.78, 5) is 0. The molecule has 2 aromatic carbocycles. The Morgan fingerprint density at radius 1 is 1.10 bits per heavy atom. The van der Waals surface area contributed by atoms with Crippen LogP contribution in [-0.2, 0) is 6.54 Å². The minimum absolute atomic E-state index is 0.252. The van der Waals surface area contributed by atoms with Gasteiger partial charge in [-0.15, -0.1) is 10.2 Å². The minimum atomic E-state index is -0.588. The third-order valence-corrected chi connectivity index (χ3v) is 2.96. The third-order valence-electron chi connectivity index (χ3n) is 2.96. The molecule has 0 aliphatic rings. The van der Waals surface area contributed by atoms with Gasteiger partial charge in [0.05, 0.1) is 0 Å². The summed E-state index contributed by atoms with van der Waals surface area (Å²) in [6.07, 6.45) is 0. The van der Waals surface area contributed by atoms with Gasteiger partial charge in [-0.05, 0) is 23.4 Å². The highest BCUT2D eigenvalue weighted by Crippen LogP contribution is 2.19. The molecule has 0 atom stereocenters. The van der Waals surface area contributed by atoms with E-state index in [1.807, 2.05) is 24.3 Å². The summed E-state index contributed by atoms with van der Waals surface area (Å²) >= 11 is 0. The van der Waals surface area contributed by atoms with Crippen molar-refractivity contribution in [2.75, 3.05) is 5.32 Å². The van der Waals surface area contributed by atoms with Crippen LogP contribution in [0.3, 0.4) is 0 Å². The summed E-state index contributed by atoms with van der Waals surface area (Å²) in [6.45, 7) is 0.252. The van der Waals surface area contributed by atoms with Crippen LogP contribution in [-0.4, -0.2) is 20.6 Å². The standard InChI is InChI=1S/C14H11F2N5/c15-11-5-4-10(13(16)7-11)8-17-12-3-1-2-9(6-12)14-18-20-21-19-14/h1-7,17H,8H2,(H,18,19,20,21). The summed E-state index contributed by atoms with van der Waals surface area (Å²) in [5.41, 5.74) is 1.95. The Morgan fingerprint density at radius 3 is 2.76 bits per heavy atom. The number of aromatic amines is 1. The van der Waals surface area contributed by atoms with Gasteiger partial charge in [0.1, 0.15) is 11.6 Å². The van der Waals surface area contributed by atoms with Gasteiger partial charge in [0.25, 0.3) is 0 Å². The number of nitrogens with zero attached hydrogens (tertiary/aromatic N) is 3. The van der Waals surface area contributed by atoms with Crippen molar-refractivity contribution in [1.82, 2.24) is 20.6 Å². The Kier molecular flexibility index (Phi) is 3.55. The molecular formula is C14H11F2N5. The van der Waals surface area contributed by atoms with Crippen LogP contribution >= 0.6 is 0 Å². The van der Waals surface area contributed by atoms with Crippen molar-refractivity contribution in [3.8, 4) is 11.4 Å². The van der Waals surface area contributed by atoms with E-state index < -0.39 is 11.6 Å². The van der Waals surface area contributed by atoms with Crippen LogP contribution in [0.5, 0.6) is 0 Å². The van der Waals surface area contributed by atoms with Gasteiger partial charge in [-0.2, -0.15) is 5.21 Å². The number of hydrogen-bond acceptors (Lipinski definition) is 4. The zero-order chi connectivity index (χ0) is 14.7. The number of aromatic nitrogens is 4. The van der Waals surface area contributed by atoms with Gasteiger partial charge in [-0.25, -0.2) is 8.78 Å². The first-order valence-electron chi connectivity index (χ1n) is 6.24. The molecule has 1 heterocycles. The first-order valence-corrected chi connectivity index (χ1v) is 6.24. The molecule has 0 aliphatic carbocycles. The molecule has 0 saturated carbocycles. The quantitative estimate of drug-likeness (QED) is 0.774. The zero-order valence-electron chi connectivity index (χ0n) is 10.8. The summed E-state index contributed by atoms with van der Waals surface area (Å²) < 4.78 is 26.4. The molecule has 0 spiro atoms. The van der Waals surface area contributed by atoms with Crippen LogP contribution in [0.15, 0.2) is 42.5 Å². The first-order chi connectivity index (χ1) is 10.2. The Bertz CT molecular complexity index is 743. The molecule has 106 valence electrons. The smallest absolute Gasteiger partial charge is 0.204 e. The average molecular weight is 287 g/mol. The van der Waals surface area contributed by atoms with Gasteiger partial charge in [0.2, 0.25) is 5.82 Å². The number of benzene rings is 2. The monoisotopic (exact) mass is 287 g/mol. The fourth-order valence-electron chi connectivity index (χ4n) is 1.91. The van der Waals surface area contributed by atoms with E-state index in [0.29, 0.717) is 11.4 Å². The second kappa shape index (κ2) is 5.66. The van der Waals surface area contributed by atoms with Crippen molar-refractivity contribution in [1.29, 1.82) is 0 Å². The maximum absolute atomic E-state index is 13.5. The molecule has 7 heteroatoms. The van der Waals surface area contributed by atoms with Crippen molar-refractivity contribution in [3.63, 3.8) is 0 Å². The number of rotatable bonds is 4. The predicted molar refractivity (Wildman–Crippen MR) is 73.3 cm³/mol. The van der Waals surface area contributed by atoms with Gasteiger partial charge < -0.3 is 5.32 Å². The fourth-order valence-corrected chi connectivity index (χ4v) is 1.91. The van der Waals surface area contributed by atoms with Crippen LogP contribution < -0.4 is 5.32 Å². The SMILES string of the molecule is Fc1ccc(CNc2cccc(-c3nn[nH]n3)c2)c(F)c1. The topological polar surface area (TPSA) is 66.5 Å². The molecule has 2 N–H and O–H groups in total. The van der Waals surface area contributed by atoms with Crippen molar-refractivity contribution in [2.45, 2.75) is 6.54 Å². The lowest BCUT2D eigenvalue weighted by Gasteiger charge is -2.08. The average Bonchev–Trinajstić information content (AvgIpc) is 3.01. The lowest BCUT2D eigenvalue weighted by Crippen LogP contribution is -2.02. The zero-order valence-corrected chi connectivity index (χ0v) is 10.8. The van der Waals surface area contributed by atoms with Crippen molar-refractivity contribution in [2.24, 2.45) is 0 Å². The van der Waals surface area contributed by atoms with E-state index in [-0.39, 0.29) is 6.54 Å². The second-order valence-electron chi connectivity index (χ2n) is 4.41.